The Morgan fingerprint density at radius 1 is 1.00 bits per heavy atom. The maximum absolute atomic E-state index is 14.2. The second-order valence-corrected chi connectivity index (χ2v) is 9.46. The van der Waals surface area contributed by atoms with Crippen LogP contribution >= 0.6 is 0 Å². The Hall–Kier alpha value is -3.61. The number of carbonyl (C=O) groups is 2. The van der Waals surface area contributed by atoms with Crippen molar-refractivity contribution in [2.75, 3.05) is 13.1 Å². The van der Waals surface area contributed by atoms with E-state index in [-0.39, 0.29) is 30.1 Å². The quantitative estimate of drug-likeness (QED) is 0.443. The van der Waals surface area contributed by atoms with E-state index in [2.05, 4.69) is 5.32 Å². The Labute approximate surface area is 209 Å². The molecular weight excluding hydrogens is 465 g/mol. The number of likely N-dealkylation sites (tertiary alicyclic amines) is 1. The molecule has 4 rings (SSSR count). The van der Waals surface area contributed by atoms with Gasteiger partial charge in [0, 0.05) is 43.5 Å². The highest BCUT2D eigenvalue weighted by atomic mass is 19.1. The van der Waals surface area contributed by atoms with Crippen LogP contribution in [0.15, 0.2) is 66.7 Å². The first kappa shape index (κ1) is 25.5. The standard InChI is InChI=1S/C29H29F3N2O2/c1-19(21-3-5-22(6-4-21)26-12-11-25(31)17-27(26)32)34-16-14-29(18-28(34)36,13-15-33-20(2)35)23-7-9-24(30)10-8-23/h3-12,17,19H,13-16,18H2,1-2H3,(H,33,35)/t19-,29-/m0/s1. The minimum atomic E-state index is -0.626. The van der Waals surface area contributed by atoms with Gasteiger partial charge in [0.1, 0.15) is 17.5 Å². The highest BCUT2D eigenvalue weighted by Crippen LogP contribution is 2.41. The molecule has 2 atom stereocenters. The molecule has 0 aliphatic carbocycles. The van der Waals surface area contributed by atoms with Gasteiger partial charge in [-0.2, -0.15) is 0 Å². The van der Waals surface area contributed by atoms with Gasteiger partial charge in [0.15, 0.2) is 0 Å². The van der Waals surface area contributed by atoms with Gasteiger partial charge < -0.3 is 10.2 Å². The molecule has 1 heterocycles. The van der Waals surface area contributed by atoms with Crippen molar-refractivity contribution in [3.05, 3.63) is 95.3 Å². The van der Waals surface area contributed by atoms with Crippen molar-refractivity contribution in [1.82, 2.24) is 10.2 Å². The van der Waals surface area contributed by atoms with Gasteiger partial charge >= 0.3 is 0 Å². The van der Waals surface area contributed by atoms with Crippen LogP contribution < -0.4 is 5.32 Å². The van der Waals surface area contributed by atoms with Gasteiger partial charge in [-0.3, -0.25) is 9.59 Å². The van der Waals surface area contributed by atoms with Crippen LogP contribution in [-0.2, 0) is 15.0 Å². The maximum Gasteiger partial charge on any atom is 0.223 e. The lowest BCUT2D eigenvalue weighted by molar-refractivity contribution is -0.138. The second kappa shape index (κ2) is 10.6. The van der Waals surface area contributed by atoms with Crippen LogP contribution in [0.25, 0.3) is 11.1 Å². The fraction of sp³-hybridized carbons (Fsp3) is 0.310. The van der Waals surface area contributed by atoms with Crippen LogP contribution in [0.5, 0.6) is 0 Å². The van der Waals surface area contributed by atoms with Crippen molar-refractivity contribution >= 4 is 11.8 Å². The van der Waals surface area contributed by atoms with Crippen molar-refractivity contribution in [3.63, 3.8) is 0 Å². The average molecular weight is 495 g/mol. The Kier molecular flexibility index (Phi) is 7.48. The van der Waals surface area contributed by atoms with Crippen LogP contribution in [0.2, 0.25) is 0 Å². The van der Waals surface area contributed by atoms with E-state index in [1.807, 2.05) is 24.0 Å². The largest absolute Gasteiger partial charge is 0.356 e. The van der Waals surface area contributed by atoms with E-state index in [4.69, 9.17) is 0 Å². The fourth-order valence-corrected chi connectivity index (χ4v) is 5.08. The summed E-state index contributed by atoms with van der Waals surface area (Å²) in [6.45, 7) is 4.34. The summed E-state index contributed by atoms with van der Waals surface area (Å²) in [4.78, 5) is 26.6. The number of benzene rings is 3. The number of piperidine rings is 1. The molecular formula is C29H29F3N2O2. The van der Waals surface area contributed by atoms with Crippen LogP contribution in [0.1, 0.15) is 50.3 Å². The molecule has 1 saturated heterocycles. The van der Waals surface area contributed by atoms with Gasteiger partial charge in [0.2, 0.25) is 11.8 Å². The minimum Gasteiger partial charge on any atom is -0.356 e. The average Bonchev–Trinajstić information content (AvgIpc) is 2.84. The lowest BCUT2D eigenvalue weighted by Crippen LogP contribution is -2.48. The number of nitrogens with one attached hydrogen (secondary N) is 1. The summed E-state index contributed by atoms with van der Waals surface area (Å²) in [5, 5.41) is 2.81. The molecule has 1 fully saturated rings. The SMILES string of the molecule is CC(=O)NCC[C@]1(c2ccc(F)cc2)CCN([C@@H](C)c2ccc(-c3ccc(F)cc3F)cc2)C(=O)C1. The van der Waals surface area contributed by atoms with Gasteiger partial charge in [-0.15, -0.1) is 0 Å². The van der Waals surface area contributed by atoms with Crippen LogP contribution in [0.3, 0.4) is 0 Å². The molecule has 3 aromatic rings. The summed E-state index contributed by atoms with van der Waals surface area (Å²) < 4.78 is 41.0. The van der Waals surface area contributed by atoms with Gasteiger partial charge in [0.25, 0.3) is 0 Å². The van der Waals surface area contributed by atoms with E-state index in [0.717, 1.165) is 17.2 Å². The third kappa shape index (κ3) is 5.45. The molecule has 36 heavy (non-hydrogen) atoms. The Morgan fingerprint density at radius 3 is 2.28 bits per heavy atom. The fourth-order valence-electron chi connectivity index (χ4n) is 5.08. The molecule has 0 bridgehead atoms. The maximum atomic E-state index is 14.2. The molecule has 7 heteroatoms. The monoisotopic (exact) mass is 494 g/mol. The molecule has 1 N–H and O–H groups in total. The van der Waals surface area contributed by atoms with Crippen LogP contribution in [0, 0.1) is 17.5 Å². The van der Waals surface area contributed by atoms with Gasteiger partial charge in [-0.1, -0.05) is 36.4 Å². The van der Waals surface area contributed by atoms with Crippen LogP contribution in [-0.4, -0.2) is 29.8 Å². The number of amides is 2. The van der Waals surface area contributed by atoms with Crippen molar-refractivity contribution in [1.29, 1.82) is 0 Å². The Balaban J connectivity index is 1.51. The number of halogens is 3. The predicted octanol–water partition coefficient (Wildman–Crippen LogP) is 5.92. The van der Waals surface area contributed by atoms with Crippen molar-refractivity contribution < 1.29 is 22.8 Å². The van der Waals surface area contributed by atoms with Crippen molar-refractivity contribution in [2.24, 2.45) is 0 Å². The van der Waals surface area contributed by atoms with E-state index in [1.54, 1.807) is 24.3 Å². The van der Waals surface area contributed by atoms with E-state index in [9.17, 15) is 22.8 Å². The highest BCUT2D eigenvalue weighted by molar-refractivity contribution is 5.79. The zero-order valence-electron chi connectivity index (χ0n) is 20.4. The number of hydrogen-bond acceptors (Lipinski definition) is 2. The topological polar surface area (TPSA) is 49.4 Å². The molecule has 1 aliphatic rings. The molecule has 0 spiro atoms. The zero-order valence-corrected chi connectivity index (χ0v) is 20.4. The van der Waals surface area contributed by atoms with Crippen molar-refractivity contribution in [3.8, 4) is 11.1 Å². The van der Waals surface area contributed by atoms with Gasteiger partial charge in [0.05, 0.1) is 6.04 Å². The highest BCUT2D eigenvalue weighted by Gasteiger charge is 2.41. The Bertz CT molecular complexity index is 1240. The molecule has 2 amide bonds. The first-order valence-electron chi connectivity index (χ1n) is 12.0. The first-order valence-corrected chi connectivity index (χ1v) is 12.0. The predicted molar refractivity (Wildman–Crippen MR) is 133 cm³/mol. The second-order valence-electron chi connectivity index (χ2n) is 9.46. The lowest BCUT2D eigenvalue weighted by atomic mass is 9.70. The number of hydrogen-bond donors (Lipinski definition) is 1. The smallest absolute Gasteiger partial charge is 0.223 e. The first-order chi connectivity index (χ1) is 17.2. The molecule has 0 aromatic heterocycles. The number of nitrogens with zero attached hydrogens (tertiary/aromatic N) is 1. The minimum absolute atomic E-state index is 0.0189. The number of carbonyl (C=O) groups excluding carboxylic acids is 2. The molecule has 188 valence electrons. The summed E-state index contributed by atoms with van der Waals surface area (Å²) in [7, 11) is 0. The normalized spacial score (nSPS) is 18.7. The summed E-state index contributed by atoms with van der Waals surface area (Å²) in [5.74, 6) is -1.74. The lowest BCUT2D eigenvalue weighted by Gasteiger charge is -2.44. The van der Waals surface area contributed by atoms with E-state index in [1.165, 1.54) is 31.2 Å². The molecule has 3 aromatic carbocycles. The van der Waals surface area contributed by atoms with Crippen LogP contribution in [0.4, 0.5) is 13.2 Å². The number of rotatable bonds is 7. The third-order valence-corrected chi connectivity index (χ3v) is 7.18. The van der Waals surface area contributed by atoms with Gasteiger partial charge in [-0.25, -0.2) is 13.2 Å². The molecule has 1 aliphatic heterocycles. The summed E-state index contributed by atoms with van der Waals surface area (Å²) >= 11 is 0. The molecule has 4 nitrogen and oxygen atoms in total. The van der Waals surface area contributed by atoms with E-state index in [0.29, 0.717) is 37.1 Å². The van der Waals surface area contributed by atoms with Crippen molar-refractivity contribution in [2.45, 2.75) is 44.6 Å². The molecule has 0 radical (unpaired) electrons. The zero-order chi connectivity index (χ0) is 25.9. The van der Waals surface area contributed by atoms with Gasteiger partial charge in [-0.05, 0) is 60.7 Å². The summed E-state index contributed by atoms with van der Waals surface area (Å²) in [6.07, 6.45) is 1.50. The third-order valence-electron chi connectivity index (χ3n) is 7.18. The van der Waals surface area contributed by atoms with E-state index < -0.39 is 17.0 Å². The van der Waals surface area contributed by atoms with E-state index >= 15 is 0 Å². The summed E-state index contributed by atoms with van der Waals surface area (Å²) in [6, 6.07) is 16.8. The molecule has 0 saturated carbocycles. The molecule has 0 unspecified atom stereocenters. The summed E-state index contributed by atoms with van der Waals surface area (Å²) in [5.41, 5.74) is 2.24. The Morgan fingerprint density at radius 2 is 1.67 bits per heavy atom.